The molecule has 0 unspecified atom stereocenters. The largest absolute Gasteiger partial charge is 0.213 e. The number of allylic oxidation sites excluding steroid dienone is 1. The molecule has 0 atom stereocenters. The summed E-state index contributed by atoms with van der Waals surface area (Å²) in [7, 11) is 0. The van der Waals surface area contributed by atoms with Crippen LogP contribution in [0.1, 0.15) is 11.1 Å². The zero-order valence-electron chi connectivity index (χ0n) is 8.65. The number of rotatable bonds is 1. The maximum atomic E-state index is 5.71. The summed E-state index contributed by atoms with van der Waals surface area (Å²) in [5.74, 6) is 1.58. The van der Waals surface area contributed by atoms with Crippen LogP contribution in [0.3, 0.4) is 0 Å². The van der Waals surface area contributed by atoms with Gasteiger partial charge in [0.1, 0.15) is 0 Å². The smallest absolute Gasteiger partial charge is 0.0293 e. The van der Waals surface area contributed by atoms with Crippen LogP contribution in [0.2, 0.25) is 0 Å². The summed E-state index contributed by atoms with van der Waals surface area (Å²) in [4.78, 5) is 0. The Morgan fingerprint density at radius 1 is 0.750 bits per heavy atom. The van der Waals surface area contributed by atoms with Crippen LogP contribution < -0.4 is 0 Å². The first-order chi connectivity index (χ1) is 7.92. The molecule has 1 aliphatic carbocycles. The number of hydrogen-bond donors (Lipinski definition) is 0. The Morgan fingerprint density at radius 2 is 1.19 bits per heavy atom. The average molecular weight is 226 g/mol. The Balaban J connectivity index is 2.34. The van der Waals surface area contributed by atoms with E-state index in [-0.39, 0.29) is 0 Å². The third-order valence-corrected chi connectivity index (χ3v) is 3.08. The highest BCUT2D eigenvalue weighted by atomic mass is 35.5. The van der Waals surface area contributed by atoms with Gasteiger partial charge < -0.3 is 0 Å². The third kappa shape index (κ3) is 1.27. The van der Waals surface area contributed by atoms with Crippen LogP contribution in [0.4, 0.5) is 0 Å². The molecule has 0 aromatic heterocycles. The number of fused-ring (bicyclic) bond motifs is 3. The van der Waals surface area contributed by atoms with Gasteiger partial charge >= 0.3 is 0 Å². The molecular weight excluding hydrogens is 216 g/mol. The molecule has 0 radical (unpaired) electrons. The van der Waals surface area contributed by atoms with Crippen LogP contribution >= 0.6 is 11.6 Å². The topological polar surface area (TPSA) is 0 Å². The van der Waals surface area contributed by atoms with E-state index >= 15 is 0 Å². The highest BCUT2D eigenvalue weighted by molar-refractivity contribution is 6.25. The molecule has 2 aromatic rings. The van der Waals surface area contributed by atoms with Crippen molar-refractivity contribution >= 4 is 17.2 Å². The lowest BCUT2D eigenvalue weighted by Crippen LogP contribution is -1.79. The highest BCUT2D eigenvalue weighted by Gasteiger charge is 2.15. The van der Waals surface area contributed by atoms with E-state index in [0.717, 1.165) is 0 Å². The monoisotopic (exact) mass is 225 g/mol. The van der Waals surface area contributed by atoms with Gasteiger partial charge in [0.15, 0.2) is 0 Å². The molecule has 0 bridgehead atoms. The van der Waals surface area contributed by atoms with Crippen molar-refractivity contribution in [3.8, 4) is 11.1 Å². The van der Waals surface area contributed by atoms with Gasteiger partial charge in [-0.25, -0.2) is 17.7 Å². The van der Waals surface area contributed by atoms with E-state index in [1.807, 2.05) is 6.08 Å². The van der Waals surface area contributed by atoms with Crippen LogP contribution in [-0.2, 0) is 0 Å². The molecule has 1 heteroatoms. The van der Waals surface area contributed by atoms with E-state index < -0.39 is 0 Å². The maximum absolute atomic E-state index is 5.71. The van der Waals surface area contributed by atoms with Crippen molar-refractivity contribution in [1.29, 1.82) is 0 Å². The Morgan fingerprint density at radius 3 is 1.62 bits per heavy atom. The predicted octanol–water partition coefficient (Wildman–Crippen LogP) is 4.50. The average Bonchev–Trinajstić information content (AvgIpc) is 2.66. The van der Waals surface area contributed by atoms with E-state index in [1.54, 1.807) is 5.88 Å². The molecule has 0 fully saturated rings. The summed E-state index contributed by atoms with van der Waals surface area (Å²) in [5, 5.41) is 0. The zero-order chi connectivity index (χ0) is 11.0. The second kappa shape index (κ2) is 3.73. The Hall–Kier alpha value is -1.66. The summed E-state index contributed by atoms with van der Waals surface area (Å²) in [6.07, 6.45) is 1.96. The molecule has 0 saturated heterocycles. The molecule has 0 saturated carbocycles. The van der Waals surface area contributed by atoms with Gasteiger partial charge in [-0.3, -0.25) is 0 Å². The van der Waals surface area contributed by atoms with Crippen LogP contribution in [0.5, 0.6) is 0 Å². The van der Waals surface area contributed by atoms with Gasteiger partial charge in [-0.1, -0.05) is 59.7 Å². The molecule has 1 aliphatic rings. The van der Waals surface area contributed by atoms with Gasteiger partial charge in [0, 0.05) is 0 Å². The second-order valence-corrected chi connectivity index (χ2v) is 4.05. The first kappa shape index (κ1) is 9.56. The summed E-state index contributed by atoms with van der Waals surface area (Å²) in [5.41, 5.74) is 6.33. The minimum Gasteiger partial charge on any atom is -0.213 e. The molecule has 2 aromatic carbocycles. The van der Waals surface area contributed by atoms with Crippen LogP contribution in [0, 0.1) is 5.88 Å². The summed E-state index contributed by atoms with van der Waals surface area (Å²) >= 11 is 5.71. The zero-order valence-corrected chi connectivity index (χ0v) is 9.41. The molecule has 0 aliphatic heterocycles. The fourth-order valence-electron chi connectivity index (χ4n) is 2.29. The standard InChI is InChI=1S/C15H10Cl/c16-10-9-15-13-7-3-1-5-11(13)12-6-2-4-8-14(12)15/h1-10H/q-1. The molecule has 0 N–H and O–H groups in total. The lowest BCUT2D eigenvalue weighted by molar-refractivity contribution is 1.65. The SMILES string of the molecule is Cl[CH-]C=C1c2ccccc2-c2ccccc21. The highest BCUT2D eigenvalue weighted by Crippen LogP contribution is 2.43. The maximum Gasteiger partial charge on any atom is -0.0293 e. The van der Waals surface area contributed by atoms with E-state index in [9.17, 15) is 0 Å². The summed E-state index contributed by atoms with van der Waals surface area (Å²) in [6, 6.07) is 16.9. The van der Waals surface area contributed by atoms with Crippen molar-refractivity contribution in [3.63, 3.8) is 0 Å². The number of benzene rings is 2. The molecule has 0 spiro atoms. The molecule has 0 heterocycles. The number of hydrogen-bond acceptors (Lipinski definition) is 0. The van der Waals surface area contributed by atoms with E-state index in [2.05, 4.69) is 48.5 Å². The van der Waals surface area contributed by atoms with Gasteiger partial charge in [-0.15, -0.1) is 5.88 Å². The normalized spacial score (nSPS) is 11.9. The Kier molecular flexibility index (Phi) is 2.23. The third-order valence-electron chi connectivity index (χ3n) is 2.95. The van der Waals surface area contributed by atoms with E-state index in [4.69, 9.17) is 11.6 Å². The fraction of sp³-hybridized carbons (Fsp3) is 0. The summed E-state index contributed by atoms with van der Waals surface area (Å²) in [6.45, 7) is 0. The minimum atomic E-state index is 1.21. The van der Waals surface area contributed by atoms with Crippen molar-refractivity contribution in [1.82, 2.24) is 0 Å². The summed E-state index contributed by atoms with van der Waals surface area (Å²) < 4.78 is 0. The lowest BCUT2D eigenvalue weighted by atomic mass is 10.0. The molecule has 0 amide bonds. The Labute approximate surface area is 100 Å². The quantitative estimate of drug-likeness (QED) is 0.535. The van der Waals surface area contributed by atoms with Crippen LogP contribution in [0.25, 0.3) is 16.7 Å². The van der Waals surface area contributed by atoms with Crippen molar-refractivity contribution in [3.05, 3.63) is 71.6 Å². The van der Waals surface area contributed by atoms with Crippen molar-refractivity contribution < 1.29 is 0 Å². The second-order valence-electron chi connectivity index (χ2n) is 3.80. The minimum absolute atomic E-state index is 1.21. The van der Waals surface area contributed by atoms with Gasteiger partial charge in [0.2, 0.25) is 0 Å². The van der Waals surface area contributed by atoms with Gasteiger partial charge in [-0.2, -0.15) is 5.57 Å². The van der Waals surface area contributed by atoms with Gasteiger partial charge in [-0.05, 0) is 11.1 Å². The lowest BCUT2D eigenvalue weighted by Gasteiger charge is -2.10. The van der Waals surface area contributed by atoms with Gasteiger partial charge in [0.05, 0.1) is 0 Å². The van der Waals surface area contributed by atoms with Crippen LogP contribution in [-0.4, -0.2) is 0 Å². The molecular formula is C15H10Cl-. The first-order valence-corrected chi connectivity index (χ1v) is 5.68. The first-order valence-electron chi connectivity index (χ1n) is 5.24. The van der Waals surface area contributed by atoms with Gasteiger partial charge in [0.25, 0.3) is 0 Å². The Bertz CT molecular complexity index is 520. The van der Waals surface area contributed by atoms with Crippen molar-refractivity contribution in [2.24, 2.45) is 0 Å². The van der Waals surface area contributed by atoms with Crippen molar-refractivity contribution in [2.45, 2.75) is 0 Å². The molecule has 0 nitrogen and oxygen atoms in total. The number of halogens is 1. The molecule has 78 valence electrons. The fourth-order valence-corrected chi connectivity index (χ4v) is 2.42. The van der Waals surface area contributed by atoms with Crippen LogP contribution in [0.15, 0.2) is 54.6 Å². The van der Waals surface area contributed by atoms with Crippen molar-refractivity contribution in [2.75, 3.05) is 0 Å². The van der Waals surface area contributed by atoms with E-state index in [0.29, 0.717) is 0 Å². The molecule has 16 heavy (non-hydrogen) atoms. The molecule has 3 rings (SSSR count). The predicted molar refractivity (Wildman–Crippen MR) is 69.1 cm³/mol. The van der Waals surface area contributed by atoms with E-state index in [1.165, 1.54) is 27.8 Å².